The van der Waals surface area contributed by atoms with E-state index in [-0.39, 0.29) is 0 Å². The molecule has 116 valence electrons. The molecule has 0 aliphatic rings. The molecule has 0 saturated carbocycles. The maximum absolute atomic E-state index is 5.73. The van der Waals surface area contributed by atoms with E-state index in [0.29, 0.717) is 12.1 Å². The Morgan fingerprint density at radius 2 is 1.58 bits per heavy atom. The Morgan fingerprint density at radius 1 is 0.895 bits per heavy atom. The predicted molar refractivity (Wildman–Crippen MR) is 84.8 cm³/mol. The number of nitrogens with one attached hydrogen (secondary N) is 1. The molecule has 0 amide bonds. The summed E-state index contributed by atoms with van der Waals surface area (Å²) >= 11 is 0. The summed E-state index contributed by atoms with van der Waals surface area (Å²) in [6.07, 6.45) is 4.96. The molecule has 0 bridgehead atoms. The Kier molecular flexibility index (Phi) is 12.8. The largest absolute Gasteiger partial charge is 0.380 e. The highest BCUT2D eigenvalue weighted by molar-refractivity contribution is 4.66. The first kappa shape index (κ1) is 18.9. The number of hydrogen-bond donors (Lipinski definition) is 1. The topological polar surface area (TPSA) is 24.5 Å². The van der Waals surface area contributed by atoms with Crippen LogP contribution in [-0.2, 0) is 4.74 Å². The number of hydrogen-bond acceptors (Lipinski definition) is 3. The Morgan fingerprint density at radius 3 is 2.16 bits per heavy atom. The van der Waals surface area contributed by atoms with Crippen molar-refractivity contribution in [3.63, 3.8) is 0 Å². The maximum atomic E-state index is 5.73. The van der Waals surface area contributed by atoms with Crippen LogP contribution in [0.3, 0.4) is 0 Å². The van der Waals surface area contributed by atoms with Gasteiger partial charge in [-0.05, 0) is 66.5 Å². The van der Waals surface area contributed by atoms with Crippen molar-refractivity contribution in [3.05, 3.63) is 0 Å². The van der Waals surface area contributed by atoms with E-state index in [9.17, 15) is 0 Å². The maximum Gasteiger partial charge on any atom is 0.0593 e. The Bertz CT molecular complexity index is 176. The fraction of sp³-hybridized carbons (Fsp3) is 1.00. The number of unbranched alkanes of at least 4 members (excludes halogenated alkanes) is 2. The van der Waals surface area contributed by atoms with Crippen LogP contribution in [0.5, 0.6) is 0 Å². The summed E-state index contributed by atoms with van der Waals surface area (Å²) in [6, 6.07) is 1.21. The molecule has 0 aromatic rings. The van der Waals surface area contributed by atoms with E-state index in [1.165, 1.54) is 25.7 Å². The van der Waals surface area contributed by atoms with Crippen molar-refractivity contribution in [2.45, 2.75) is 72.4 Å². The van der Waals surface area contributed by atoms with Gasteiger partial charge < -0.3 is 10.1 Å². The second-order valence-corrected chi connectivity index (χ2v) is 5.85. The molecule has 3 heteroatoms. The highest BCUT2D eigenvalue weighted by atomic mass is 16.5. The first-order chi connectivity index (χ1) is 9.09. The van der Waals surface area contributed by atoms with Crippen LogP contribution in [0.4, 0.5) is 0 Å². The molecule has 0 aromatic carbocycles. The van der Waals surface area contributed by atoms with E-state index in [4.69, 9.17) is 4.74 Å². The fourth-order valence-corrected chi connectivity index (χ4v) is 2.32. The third kappa shape index (κ3) is 11.4. The quantitative estimate of drug-likeness (QED) is 0.521. The van der Waals surface area contributed by atoms with Gasteiger partial charge in [-0.25, -0.2) is 0 Å². The van der Waals surface area contributed by atoms with Crippen molar-refractivity contribution in [2.75, 3.05) is 32.8 Å². The minimum atomic E-state index is 0.605. The van der Waals surface area contributed by atoms with Crippen LogP contribution in [0.2, 0.25) is 0 Å². The molecule has 3 nitrogen and oxygen atoms in total. The van der Waals surface area contributed by atoms with Crippen molar-refractivity contribution in [3.8, 4) is 0 Å². The van der Waals surface area contributed by atoms with Crippen LogP contribution >= 0.6 is 0 Å². The Balaban J connectivity index is 3.30. The molecule has 0 rings (SSSR count). The van der Waals surface area contributed by atoms with Crippen molar-refractivity contribution in [1.29, 1.82) is 0 Å². The summed E-state index contributed by atoms with van der Waals surface area (Å²) in [5.41, 5.74) is 0. The van der Waals surface area contributed by atoms with Crippen LogP contribution in [0, 0.1) is 0 Å². The van der Waals surface area contributed by atoms with Gasteiger partial charge in [0.15, 0.2) is 0 Å². The molecule has 0 aliphatic heterocycles. The van der Waals surface area contributed by atoms with E-state index in [1.807, 2.05) is 0 Å². The van der Waals surface area contributed by atoms with Gasteiger partial charge in [-0.3, -0.25) is 4.90 Å². The summed E-state index contributed by atoms with van der Waals surface area (Å²) in [4.78, 5) is 2.48. The van der Waals surface area contributed by atoms with Gasteiger partial charge in [0.25, 0.3) is 0 Å². The summed E-state index contributed by atoms with van der Waals surface area (Å²) in [5, 5.41) is 3.43. The van der Waals surface area contributed by atoms with Crippen LogP contribution in [0.1, 0.15) is 60.3 Å². The second-order valence-electron chi connectivity index (χ2n) is 5.85. The lowest BCUT2D eigenvalue weighted by atomic mass is 10.2. The van der Waals surface area contributed by atoms with Crippen molar-refractivity contribution in [1.82, 2.24) is 10.2 Å². The van der Waals surface area contributed by atoms with Gasteiger partial charge in [-0.2, -0.15) is 0 Å². The van der Waals surface area contributed by atoms with E-state index in [0.717, 1.165) is 32.8 Å². The lowest BCUT2D eigenvalue weighted by Gasteiger charge is -2.30. The summed E-state index contributed by atoms with van der Waals surface area (Å²) in [6.45, 7) is 16.4. The standard InChI is InChI=1S/C16H36N2O/c1-6-10-17-11-8-7-9-13-19-14-12-18(15(2)3)16(4)5/h15-17H,6-14H2,1-5H3. The van der Waals surface area contributed by atoms with Crippen LogP contribution in [-0.4, -0.2) is 49.8 Å². The molecule has 0 radical (unpaired) electrons. The SMILES string of the molecule is CCCNCCCCCOCCN(C(C)C)C(C)C. The van der Waals surface area contributed by atoms with E-state index >= 15 is 0 Å². The first-order valence-electron chi connectivity index (χ1n) is 8.13. The molecule has 0 atom stereocenters. The van der Waals surface area contributed by atoms with Gasteiger partial charge in [0.05, 0.1) is 6.61 Å². The monoisotopic (exact) mass is 272 g/mol. The van der Waals surface area contributed by atoms with E-state index < -0.39 is 0 Å². The molecule has 1 N–H and O–H groups in total. The van der Waals surface area contributed by atoms with Crippen molar-refractivity contribution < 1.29 is 4.74 Å². The Labute approximate surface area is 121 Å². The Hall–Kier alpha value is -0.120. The van der Waals surface area contributed by atoms with Gasteiger partial charge in [-0.1, -0.05) is 6.92 Å². The van der Waals surface area contributed by atoms with Crippen LogP contribution < -0.4 is 5.32 Å². The highest BCUT2D eigenvalue weighted by Crippen LogP contribution is 2.04. The zero-order valence-corrected chi connectivity index (χ0v) is 13.9. The number of rotatable bonds is 13. The average molecular weight is 272 g/mol. The summed E-state index contributed by atoms with van der Waals surface area (Å²) in [5.74, 6) is 0. The van der Waals surface area contributed by atoms with Gasteiger partial charge in [0.2, 0.25) is 0 Å². The number of nitrogens with zero attached hydrogens (tertiary/aromatic N) is 1. The second kappa shape index (κ2) is 12.9. The zero-order chi connectivity index (χ0) is 14.5. The van der Waals surface area contributed by atoms with Gasteiger partial charge in [-0.15, -0.1) is 0 Å². The van der Waals surface area contributed by atoms with E-state index in [1.54, 1.807) is 0 Å². The minimum absolute atomic E-state index is 0.605. The molecular formula is C16H36N2O. The summed E-state index contributed by atoms with van der Waals surface area (Å²) < 4.78 is 5.73. The van der Waals surface area contributed by atoms with E-state index in [2.05, 4.69) is 44.8 Å². The normalized spacial score (nSPS) is 12.0. The van der Waals surface area contributed by atoms with Crippen LogP contribution in [0.25, 0.3) is 0 Å². The molecule has 19 heavy (non-hydrogen) atoms. The molecule has 0 saturated heterocycles. The average Bonchev–Trinajstić information content (AvgIpc) is 2.35. The molecular weight excluding hydrogens is 236 g/mol. The lowest BCUT2D eigenvalue weighted by Crippen LogP contribution is -2.39. The number of ether oxygens (including phenoxy) is 1. The molecule has 0 spiro atoms. The smallest absolute Gasteiger partial charge is 0.0593 e. The third-order valence-corrected chi connectivity index (χ3v) is 3.39. The molecule has 0 aliphatic carbocycles. The molecule has 0 aromatic heterocycles. The van der Waals surface area contributed by atoms with Crippen molar-refractivity contribution >= 4 is 0 Å². The molecule has 0 unspecified atom stereocenters. The zero-order valence-electron chi connectivity index (χ0n) is 13.9. The third-order valence-electron chi connectivity index (χ3n) is 3.39. The van der Waals surface area contributed by atoms with Gasteiger partial charge in [0, 0.05) is 25.2 Å². The predicted octanol–water partition coefficient (Wildman–Crippen LogP) is 3.29. The van der Waals surface area contributed by atoms with Crippen LogP contribution in [0.15, 0.2) is 0 Å². The van der Waals surface area contributed by atoms with Crippen molar-refractivity contribution in [2.24, 2.45) is 0 Å². The first-order valence-corrected chi connectivity index (χ1v) is 8.13. The van der Waals surface area contributed by atoms with Gasteiger partial charge >= 0.3 is 0 Å². The van der Waals surface area contributed by atoms with Gasteiger partial charge in [0.1, 0.15) is 0 Å². The highest BCUT2D eigenvalue weighted by Gasteiger charge is 2.12. The summed E-state index contributed by atoms with van der Waals surface area (Å²) in [7, 11) is 0. The fourth-order valence-electron chi connectivity index (χ4n) is 2.32. The lowest BCUT2D eigenvalue weighted by molar-refractivity contribution is 0.0765. The molecule has 0 heterocycles. The molecule has 0 fully saturated rings. The minimum Gasteiger partial charge on any atom is -0.380 e.